The van der Waals surface area contributed by atoms with Crippen LogP contribution in [0.5, 0.6) is 0 Å². The summed E-state index contributed by atoms with van der Waals surface area (Å²) in [6, 6.07) is 0. The lowest BCUT2D eigenvalue weighted by Crippen LogP contribution is -2.13. The van der Waals surface area contributed by atoms with Crippen LogP contribution < -0.4 is 5.32 Å². The zero-order valence-corrected chi connectivity index (χ0v) is 7.68. The van der Waals surface area contributed by atoms with E-state index >= 15 is 0 Å². The summed E-state index contributed by atoms with van der Waals surface area (Å²) >= 11 is 0. The fourth-order valence-corrected chi connectivity index (χ4v) is 1.91. The van der Waals surface area contributed by atoms with Crippen molar-refractivity contribution in [1.82, 2.24) is 5.32 Å². The van der Waals surface area contributed by atoms with Crippen molar-refractivity contribution in [2.45, 2.75) is 45.4 Å². The van der Waals surface area contributed by atoms with Crippen LogP contribution in [-0.2, 0) is 0 Å². The average molecular weight is 154 g/mol. The van der Waals surface area contributed by atoms with E-state index in [4.69, 9.17) is 0 Å². The standard InChI is InChI=1S/C10H20N/c1-2-11-9-8-10-6-4-3-5-7-10/h10H,2-9H2,1H3. The van der Waals surface area contributed by atoms with Gasteiger partial charge in [-0.3, -0.25) is 0 Å². The van der Waals surface area contributed by atoms with Crippen molar-refractivity contribution in [3.05, 3.63) is 0 Å². The van der Waals surface area contributed by atoms with Crippen LogP contribution in [-0.4, -0.2) is 13.1 Å². The Kier molecular flexibility index (Phi) is 4.60. The molecule has 0 aromatic carbocycles. The van der Waals surface area contributed by atoms with Crippen molar-refractivity contribution in [3.63, 3.8) is 0 Å². The van der Waals surface area contributed by atoms with E-state index in [0.29, 0.717) is 0 Å². The van der Waals surface area contributed by atoms with Gasteiger partial charge in [0.1, 0.15) is 0 Å². The van der Waals surface area contributed by atoms with Crippen LogP contribution in [0.25, 0.3) is 0 Å². The smallest absolute Gasteiger partial charge is 0.0135 e. The number of hydrogen-bond donors (Lipinski definition) is 0. The fourth-order valence-electron chi connectivity index (χ4n) is 1.91. The minimum Gasteiger partial charge on any atom is -0.242 e. The van der Waals surface area contributed by atoms with E-state index in [1.807, 2.05) is 0 Å². The SMILES string of the molecule is CC[N]CCC1CCCCC1. The molecule has 0 unspecified atom stereocenters. The third kappa shape index (κ3) is 3.76. The summed E-state index contributed by atoms with van der Waals surface area (Å²) in [7, 11) is 0. The van der Waals surface area contributed by atoms with Crippen LogP contribution in [0.15, 0.2) is 0 Å². The highest BCUT2D eigenvalue weighted by molar-refractivity contribution is 4.66. The Balaban J connectivity index is 1.96. The van der Waals surface area contributed by atoms with E-state index in [0.717, 1.165) is 19.0 Å². The average Bonchev–Trinajstić information content (AvgIpc) is 2.07. The largest absolute Gasteiger partial charge is 0.242 e. The Morgan fingerprint density at radius 1 is 1.18 bits per heavy atom. The molecule has 1 fully saturated rings. The molecule has 0 spiro atoms. The lowest BCUT2D eigenvalue weighted by atomic mass is 9.87. The number of nitrogens with zero attached hydrogens (tertiary/aromatic N) is 1. The lowest BCUT2D eigenvalue weighted by Gasteiger charge is -2.20. The first kappa shape index (κ1) is 9.05. The molecule has 1 nitrogen and oxygen atoms in total. The summed E-state index contributed by atoms with van der Waals surface area (Å²) in [5, 5.41) is 4.37. The molecule has 0 aromatic rings. The van der Waals surface area contributed by atoms with Crippen molar-refractivity contribution in [3.8, 4) is 0 Å². The monoisotopic (exact) mass is 154 g/mol. The third-order valence-electron chi connectivity index (χ3n) is 2.64. The molecule has 1 heteroatoms. The zero-order chi connectivity index (χ0) is 7.94. The summed E-state index contributed by atoms with van der Waals surface area (Å²) in [5.74, 6) is 1.01. The second-order valence-corrected chi connectivity index (χ2v) is 3.56. The second-order valence-electron chi connectivity index (χ2n) is 3.56. The van der Waals surface area contributed by atoms with Crippen molar-refractivity contribution in [2.24, 2.45) is 5.92 Å². The van der Waals surface area contributed by atoms with Gasteiger partial charge >= 0.3 is 0 Å². The summed E-state index contributed by atoms with van der Waals surface area (Å²) in [6.45, 7) is 4.24. The summed E-state index contributed by atoms with van der Waals surface area (Å²) in [4.78, 5) is 0. The maximum absolute atomic E-state index is 4.37. The van der Waals surface area contributed by atoms with Gasteiger partial charge in [0.05, 0.1) is 0 Å². The Morgan fingerprint density at radius 3 is 2.55 bits per heavy atom. The quantitative estimate of drug-likeness (QED) is 0.553. The molecule has 0 amide bonds. The molecule has 0 heterocycles. The van der Waals surface area contributed by atoms with E-state index in [-0.39, 0.29) is 0 Å². The molecule has 0 aliphatic heterocycles. The Hall–Kier alpha value is -0.0400. The highest BCUT2D eigenvalue weighted by atomic mass is 14.8. The predicted octanol–water partition coefficient (Wildman–Crippen LogP) is 2.58. The third-order valence-corrected chi connectivity index (χ3v) is 2.64. The first-order valence-corrected chi connectivity index (χ1v) is 5.06. The molecule has 1 rings (SSSR count). The first-order valence-electron chi connectivity index (χ1n) is 5.06. The first-order chi connectivity index (χ1) is 5.43. The predicted molar refractivity (Wildman–Crippen MR) is 48.7 cm³/mol. The highest BCUT2D eigenvalue weighted by Crippen LogP contribution is 2.25. The van der Waals surface area contributed by atoms with Gasteiger partial charge < -0.3 is 0 Å². The van der Waals surface area contributed by atoms with Crippen molar-refractivity contribution in [1.29, 1.82) is 0 Å². The van der Waals surface area contributed by atoms with Gasteiger partial charge in [-0.2, -0.15) is 0 Å². The van der Waals surface area contributed by atoms with Gasteiger partial charge in [-0.15, -0.1) is 0 Å². The van der Waals surface area contributed by atoms with Crippen LogP contribution >= 0.6 is 0 Å². The van der Waals surface area contributed by atoms with Gasteiger partial charge in [0.2, 0.25) is 0 Å². The molecule has 1 aliphatic rings. The Bertz CT molecular complexity index is 84.9. The summed E-state index contributed by atoms with van der Waals surface area (Å²) in [6.07, 6.45) is 8.71. The minimum absolute atomic E-state index is 1.01. The van der Waals surface area contributed by atoms with Gasteiger partial charge in [-0.05, 0) is 12.3 Å². The molecule has 0 saturated heterocycles. The molecule has 1 aliphatic carbocycles. The lowest BCUT2D eigenvalue weighted by molar-refractivity contribution is 0.334. The minimum atomic E-state index is 1.01. The molecular weight excluding hydrogens is 134 g/mol. The van der Waals surface area contributed by atoms with Crippen molar-refractivity contribution in [2.75, 3.05) is 13.1 Å². The molecule has 0 aromatic heterocycles. The molecule has 0 bridgehead atoms. The molecule has 1 saturated carbocycles. The molecule has 0 N–H and O–H groups in total. The summed E-state index contributed by atoms with van der Waals surface area (Å²) in [5.41, 5.74) is 0. The Morgan fingerprint density at radius 2 is 1.91 bits per heavy atom. The van der Waals surface area contributed by atoms with Gasteiger partial charge in [0, 0.05) is 13.1 Å². The van der Waals surface area contributed by atoms with Gasteiger partial charge in [0.15, 0.2) is 0 Å². The normalized spacial score (nSPS) is 20.5. The van der Waals surface area contributed by atoms with Gasteiger partial charge in [-0.1, -0.05) is 39.0 Å². The highest BCUT2D eigenvalue weighted by Gasteiger charge is 2.12. The number of hydrogen-bond acceptors (Lipinski definition) is 0. The fraction of sp³-hybridized carbons (Fsp3) is 1.00. The second kappa shape index (κ2) is 5.59. The molecular formula is C10H20N. The van der Waals surface area contributed by atoms with Crippen LogP contribution in [0.3, 0.4) is 0 Å². The zero-order valence-electron chi connectivity index (χ0n) is 7.68. The molecule has 1 radical (unpaired) electrons. The van der Waals surface area contributed by atoms with Crippen LogP contribution in [0.2, 0.25) is 0 Å². The maximum atomic E-state index is 4.37. The Labute approximate surface area is 70.6 Å². The van der Waals surface area contributed by atoms with E-state index in [9.17, 15) is 0 Å². The van der Waals surface area contributed by atoms with E-state index < -0.39 is 0 Å². The maximum Gasteiger partial charge on any atom is 0.0135 e. The molecule has 0 atom stereocenters. The van der Waals surface area contributed by atoms with E-state index in [1.54, 1.807) is 0 Å². The topological polar surface area (TPSA) is 14.1 Å². The van der Waals surface area contributed by atoms with Crippen molar-refractivity contribution >= 4 is 0 Å². The molecule has 11 heavy (non-hydrogen) atoms. The number of rotatable bonds is 4. The van der Waals surface area contributed by atoms with E-state index in [2.05, 4.69) is 12.2 Å². The van der Waals surface area contributed by atoms with Crippen LogP contribution in [0.4, 0.5) is 0 Å². The van der Waals surface area contributed by atoms with Crippen LogP contribution in [0, 0.1) is 5.92 Å². The van der Waals surface area contributed by atoms with Crippen molar-refractivity contribution < 1.29 is 0 Å². The van der Waals surface area contributed by atoms with E-state index in [1.165, 1.54) is 38.5 Å². The summed E-state index contributed by atoms with van der Waals surface area (Å²) < 4.78 is 0. The molecule has 65 valence electrons. The van der Waals surface area contributed by atoms with Crippen LogP contribution in [0.1, 0.15) is 45.4 Å². The van der Waals surface area contributed by atoms with Gasteiger partial charge in [-0.25, -0.2) is 5.32 Å². The van der Waals surface area contributed by atoms with Gasteiger partial charge in [0.25, 0.3) is 0 Å².